The van der Waals surface area contributed by atoms with Crippen molar-refractivity contribution >= 4 is 0 Å². The van der Waals surface area contributed by atoms with Crippen molar-refractivity contribution in [1.29, 1.82) is 0 Å². The molecule has 0 radical (unpaired) electrons. The zero-order valence-corrected chi connectivity index (χ0v) is 9.60. The first-order valence-electron chi connectivity index (χ1n) is 5.56. The molecule has 84 valence electrons. The molecule has 0 saturated heterocycles. The number of aromatic amines is 1. The fourth-order valence-corrected chi connectivity index (χ4v) is 1.48. The van der Waals surface area contributed by atoms with Crippen molar-refractivity contribution in [2.45, 2.75) is 26.4 Å². The van der Waals surface area contributed by atoms with Crippen LogP contribution in [0.1, 0.15) is 20.3 Å². The molecule has 1 N–H and O–H groups in total. The Morgan fingerprint density at radius 3 is 2.88 bits per heavy atom. The molecule has 0 spiro atoms. The van der Waals surface area contributed by atoms with Crippen molar-refractivity contribution in [2.75, 3.05) is 0 Å². The van der Waals surface area contributed by atoms with E-state index in [0.29, 0.717) is 0 Å². The number of nitrogens with zero attached hydrogens (tertiary/aromatic N) is 1. The molecule has 1 aromatic heterocycles. The highest BCUT2D eigenvalue weighted by Gasteiger charge is 2.09. The van der Waals surface area contributed by atoms with Crippen LogP contribution in [0.25, 0.3) is 11.4 Å². The molecular formula is C13H16N2O. The minimum atomic E-state index is 0.219. The third-order valence-corrected chi connectivity index (χ3v) is 2.54. The fraction of sp³-hybridized carbons (Fsp3) is 0.308. The number of benzene rings is 1. The summed E-state index contributed by atoms with van der Waals surface area (Å²) in [5.74, 6) is 1.73. The molecule has 0 aliphatic rings. The monoisotopic (exact) mass is 216 g/mol. The molecule has 2 rings (SSSR count). The molecule has 0 aliphatic heterocycles. The molecule has 0 aliphatic carbocycles. The number of ether oxygens (including phenoxy) is 1. The molecule has 0 saturated carbocycles. The van der Waals surface area contributed by atoms with Gasteiger partial charge in [-0.25, -0.2) is 4.98 Å². The van der Waals surface area contributed by atoms with Crippen LogP contribution in [0.3, 0.4) is 0 Å². The molecule has 0 bridgehead atoms. The molecule has 1 atom stereocenters. The van der Waals surface area contributed by atoms with Gasteiger partial charge in [0, 0.05) is 12.4 Å². The van der Waals surface area contributed by atoms with E-state index < -0.39 is 0 Å². The minimum absolute atomic E-state index is 0.219. The van der Waals surface area contributed by atoms with Gasteiger partial charge in [-0.05, 0) is 25.5 Å². The summed E-state index contributed by atoms with van der Waals surface area (Å²) in [6.07, 6.45) is 4.77. The molecule has 3 nitrogen and oxygen atoms in total. The SMILES string of the molecule is CC[C@@H](C)Oc1ccccc1-c1ncc[nH]1. The molecule has 0 amide bonds. The highest BCUT2D eigenvalue weighted by Crippen LogP contribution is 2.27. The van der Waals surface area contributed by atoms with Crippen LogP contribution in [0.4, 0.5) is 0 Å². The van der Waals surface area contributed by atoms with Gasteiger partial charge >= 0.3 is 0 Å². The van der Waals surface area contributed by atoms with Crippen LogP contribution in [0, 0.1) is 0 Å². The highest BCUT2D eigenvalue weighted by atomic mass is 16.5. The standard InChI is InChI=1S/C13H16N2O/c1-3-10(2)16-12-7-5-4-6-11(12)13-14-8-9-15-13/h4-10H,3H2,1-2H3,(H,14,15)/t10-/m1/s1. The van der Waals surface area contributed by atoms with Gasteiger partial charge in [-0.1, -0.05) is 19.1 Å². The van der Waals surface area contributed by atoms with Crippen LogP contribution in [0.15, 0.2) is 36.7 Å². The number of H-pyrrole nitrogens is 1. The normalized spacial score (nSPS) is 12.4. The Labute approximate surface area is 95.5 Å². The fourth-order valence-electron chi connectivity index (χ4n) is 1.48. The molecular weight excluding hydrogens is 200 g/mol. The Morgan fingerprint density at radius 2 is 2.19 bits per heavy atom. The summed E-state index contributed by atoms with van der Waals surface area (Å²) in [4.78, 5) is 7.34. The zero-order valence-electron chi connectivity index (χ0n) is 9.60. The number of nitrogens with one attached hydrogen (secondary N) is 1. The van der Waals surface area contributed by atoms with E-state index in [1.807, 2.05) is 30.5 Å². The molecule has 1 aromatic carbocycles. The molecule has 0 fully saturated rings. The van der Waals surface area contributed by atoms with Crippen molar-refractivity contribution in [1.82, 2.24) is 9.97 Å². The van der Waals surface area contributed by atoms with E-state index in [9.17, 15) is 0 Å². The average Bonchev–Trinajstić information content (AvgIpc) is 2.83. The lowest BCUT2D eigenvalue weighted by Crippen LogP contribution is -2.10. The molecule has 1 heterocycles. The van der Waals surface area contributed by atoms with E-state index >= 15 is 0 Å². The predicted octanol–water partition coefficient (Wildman–Crippen LogP) is 3.25. The van der Waals surface area contributed by atoms with Crippen molar-refractivity contribution in [3.63, 3.8) is 0 Å². The first-order chi connectivity index (χ1) is 7.81. The van der Waals surface area contributed by atoms with Crippen molar-refractivity contribution in [3.8, 4) is 17.1 Å². The van der Waals surface area contributed by atoms with Crippen LogP contribution in [-0.2, 0) is 0 Å². The van der Waals surface area contributed by atoms with Gasteiger partial charge in [0.25, 0.3) is 0 Å². The number of aromatic nitrogens is 2. The number of para-hydroxylation sites is 1. The van der Waals surface area contributed by atoms with Crippen LogP contribution in [0.5, 0.6) is 5.75 Å². The maximum Gasteiger partial charge on any atom is 0.141 e. The Bertz CT molecular complexity index is 437. The first kappa shape index (κ1) is 10.7. The second-order valence-corrected chi connectivity index (χ2v) is 3.77. The van der Waals surface area contributed by atoms with E-state index in [0.717, 1.165) is 23.6 Å². The molecule has 0 unspecified atom stereocenters. The quantitative estimate of drug-likeness (QED) is 0.851. The number of hydrogen-bond donors (Lipinski definition) is 1. The van der Waals surface area contributed by atoms with E-state index in [1.165, 1.54) is 0 Å². The van der Waals surface area contributed by atoms with Gasteiger partial charge < -0.3 is 9.72 Å². The van der Waals surface area contributed by atoms with Gasteiger partial charge in [0.1, 0.15) is 11.6 Å². The van der Waals surface area contributed by atoms with Crippen LogP contribution in [0.2, 0.25) is 0 Å². The molecule has 2 aromatic rings. The number of rotatable bonds is 4. The maximum absolute atomic E-state index is 5.86. The lowest BCUT2D eigenvalue weighted by Gasteiger charge is -2.14. The number of imidazole rings is 1. The summed E-state index contributed by atoms with van der Waals surface area (Å²) in [5, 5.41) is 0. The summed E-state index contributed by atoms with van der Waals surface area (Å²) in [5.41, 5.74) is 1.01. The van der Waals surface area contributed by atoms with Gasteiger partial charge in [-0.3, -0.25) is 0 Å². The smallest absolute Gasteiger partial charge is 0.141 e. The summed E-state index contributed by atoms with van der Waals surface area (Å²) >= 11 is 0. The van der Waals surface area contributed by atoms with Gasteiger partial charge in [0.2, 0.25) is 0 Å². The zero-order chi connectivity index (χ0) is 11.4. The van der Waals surface area contributed by atoms with Crippen LogP contribution in [-0.4, -0.2) is 16.1 Å². The van der Waals surface area contributed by atoms with Crippen molar-refractivity contribution in [2.24, 2.45) is 0 Å². The highest BCUT2D eigenvalue weighted by molar-refractivity contribution is 5.63. The Morgan fingerprint density at radius 1 is 1.38 bits per heavy atom. The average molecular weight is 216 g/mol. The lowest BCUT2D eigenvalue weighted by molar-refractivity contribution is 0.218. The second kappa shape index (κ2) is 4.84. The summed E-state index contributed by atoms with van der Waals surface area (Å²) in [7, 11) is 0. The first-order valence-corrected chi connectivity index (χ1v) is 5.56. The van der Waals surface area contributed by atoms with Crippen LogP contribution >= 0.6 is 0 Å². The summed E-state index contributed by atoms with van der Waals surface area (Å²) in [6.45, 7) is 4.18. The van der Waals surface area contributed by atoms with Gasteiger partial charge in [0.15, 0.2) is 0 Å². The van der Waals surface area contributed by atoms with Gasteiger partial charge in [-0.2, -0.15) is 0 Å². The lowest BCUT2D eigenvalue weighted by atomic mass is 10.2. The molecule has 3 heteroatoms. The van der Waals surface area contributed by atoms with E-state index in [2.05, 4.69) is 23.8 Å². The second-order valence-electron chi connectivity index (χ2n) is 3.77. The topological polar surface area (TPSA) is 37.9 Å². The van der Waals surface area contributed by atoms with E-state index in [1.54, 1.807) is 6.20 Å². The predicted molar refractivity (Wildman–Crippen MR) is 64.4 cm³/mol. The largest absolute Gasteiger partial charge is 0.490 e. The summed E-state index contributed by atoms with van der Waals surface area (Å²) in [6, 6.07) is 7.95. The van der Waals surface area contributed by atoms with Gasteiger partial charge in [-0.15, -0.1) is 0 Å². The van der Waals surface area contributed by atoms with Crippen molar-refractivity contribution in [3.05, 3.63) is 36.7 Å². The summed E-state index contributed by atoms with van der Waals surface area (Å²) < 4.78 is 5.86. The van der Waals surface area contributed by atoms with E-state index in [4.69, 9.17) is 4.74 Å². The van der Waals surface area contributed by atoms with Gasteiger partial charge in [0.05, 0.1) is 11.7 Å². The third kappa shape index (κ3) is 2.24. The van der Waals surface area contributed by atoms with Crippen molar-refractivity contribution < 1.29 is 4.74 Å². The van der Waals surface area contributed by atoms with Crippen LogP contribution < -0.4 is 4.74 Å². The third-order valence-electron chi connectivity index (χ3n) is 2.54. The Kier molecular flexibility index (Phi) is 3.25. The Balaban J connectivity index is 2.31. The maximum atomic E-state index is 5.86. The molecule has 16 heavy (non-hydrogen) atoms. The number of hydrogen-bond acceptors (Lipinski definition) is 2. The minimum Gasteiger partial charge on any atom is -0.490 e. The Hall–Kier alpha value is -1.77. The van der Waals surface area contributed by atoms with E-state index in [-0.39, 0.29) is 6.10 Å².